The third-order valence-electron chi connectivity index (χ3n) is 6.67. The van der Waals surface area contributed by atoms with Crippen molar-refractivity contribution in [2.75, 3.05) is 13.1 Å². The summed E-state index contributed by atoms with van der Waals surface area (Å²) in [6.45, 7) is -0.0842. The van der Waals surface area contributed by atoms with Crippen LogP contribution < -0.4 is 0 Å². The van der Waals surface area contributed by atoms with Gasteiger partial charge in [-0.15, -0.1) is 0 Å². The van der Waals surface area contributed by atoms with Gasteiger partial charge in [-0.2, -0.15) is 17.5 Å². The van der Waals surface area contributed by atoms with Gasteiger partial charge in [-0.3, -0.25) is 0 Å². The van der Waals surface area contributed by atoms with Crippen LogP contribution in [0.5, 0.6) is 0 Å². The van der Waals surface area contributed by atoms with E-state index < -0.39 is 39.4 Å². The number of aliphatic hydroxyl groups is 1. The van der Waals surface area contributed by atoms with E-state index in [0.717, 1.165) is 41.4 Å². The average Bonchev–Trinajstić information content (AvgIpc) is 3.52. The van der Waals surface area contributed by atoms with Crippen molar-refractivity contribution >= 4 is 16.0 Å². The SMILES string of the molecule is O=C(O[C@H]1CCN(S(=O)(=O)c2ccc(C(F)(F)F)cc2)C1)C(O)(c1ccccc1)C1CCCC1. The zero-order chi connectivity index (χ0) is 24.6. The van der Waals surface area contributed by atoms with Crippen molar-refractivity contribution in [1.29, 1.82) is 0 Å². The first kappa shape index (κ1) is 24.7. The second kappa shape index (κ2) is 9.31. The Kier molecular flexibility index (Phi) is 6.76. The molecule has 2 aromatic rings. The molecule has 0 radical (unpaired) electrons. The van der Waals surface area contributed by atoms with Crippen LogP contribution in [0.4, 0.5) is 13.2 Å². The number of hydrogen-bond acceptors (Lipinski definition) is 5. The van der Waals surface area contributed by atoms with Gasteiger partial charge in [0, 0.05) is 12.5 Å². The smallest absolute Gasteiger partial charge is 0.416 e. The number of sulfonamides is 1. The first-order valence-electron chi connectivity index (χ1n) is 11.2. The van der Waals surface area contributed by atoms with E-state index in [1.165, 1.54) is 0 Å². The van der Waals surface area contributed by atoms with Gasteiger partial charge in [-0.25, -0.2) is 13.2 Å². The number of esters is 1. The number of carbonyl (C=O) groups is 1. The predicted molar refractivity (Wildman–Crippen MR) is 117 cm³/mol. The molecule has 0 amide bonds. The highest BCUT2D eigenvalue weighted by Crippen LogP contribution is 2.42. The number of hydrogen-bond donors (Lipinski definition) is 1. The second-order valence-electron chi connectivity index (χ2n) is 8.81. The molecule has 1 N–H and O–H groups in total. The highest BCUT2D eigenvalue weighted by Gasteiger charge is 2.49. The van der Waals surface area contributed by atoms with E-state index >= 15 is 0 Å². The Balaban J connectivity index is 1.48. The number of benzene rings is 2. The highest BCUT2D eigenvalue weighted by molar-refractivity contribution is 7.89. The van der Waals surface area contributed by atoms with Crippen molar-refractivity contribution in [3.8, 4) is 0 Å². The molecule has 1 aliphatic carbocycles. The Morgan fingerprint density at radius 3 is 2.15 bits per heavy atom. The molecule has 1 aliphatic heterocycles. The van der Waals surface area contributed by atoms with Crippen LogP contribution in [-0.4, -0.2) is 43.0 Å². The van der Waals surface area contributed by atoms with Gasteiger partial charge in [0.05, 0.1) is 17.0 Å². The lowest BCUT2D eigenvalue weighted by Gasteiger charge is -2.33. The molecule has 0 spiro atoms. The topological polar surface area (TPSA) is 83.9 Å². The number of carbonyl (C=O) groups excluding carboxylic acids is 1. The van der Waals surface area contributed by atoms with Crippen LogP contribution in [0.1, 0.15) is 43.2 Å². The zero-order valence-corrected chi connectivity index (χ0v) is 19.2. The average molecular weight is 498 g/mol. The lowest BCUT2D eigenvalue weighted by molar-refractivity contribution is -0.178. The highest BCUT2D eigenvalue weighted by atomic mass is 32.2. The molecule has 1 heterocycles. The summed E-state index contributed by atoms with van der Waals surface area (Å²) in [6.07, 6.45) is -1.95. The number of ether oxygens (including phenoxy) is 1. The minimum absolute atomic E-state index is 0.0501. The minimum atomic E-state index is -4.57. The monoisotopic (exact) mass is 497 g/mol. The third kappa shape index (κ3) is 4.71. The Labute approximate surface area is 196 Å². The van der Waals surface area contributed by atoms with Crippen LogP contribution in [0.3, 0.4) is 0 Å². The molecule has 4 rings (SSSR count). The molecule has 2 fully saturated rings. The lowest BCUT2D eigenvalue weighted by atomic mass is 9.80. The molecule has 6 nitrogen and oxygen atoms in total. The maximum atomic E-state index is 13.2. The van der Waals surface area contributed by atoms with Crippen molar-refractivity contribution in [3.05, 3.63) is 65.7 Å². The van der Waals surface area contributed by atoms with E-state index in [-0.39, 0.29) is 30.3 Å². The number of alkyl halides is 3. The Morgan fingerprint density at radius 2 is 1.56 bits per heavy atom. The van der Waals surface area contributed by atoms with Crippen LogP contribution in [0.15, 0.2) is 59.5 Å². The summed E-state index contributed by atoms with van der Waals surface area (Å²) in [5.41, 5.74) is -2.32. The van der Waals surface area contributed by atoms with Crippen molar-refractivity contribution in [3.63, 3.8) is 0 Å². The van der Waals surface area contributed by atoms with E-state index in [0.29, 0.717) is 18.4 Å². The number of nitrogens with zero attached hydrogens (tertiary/aromatic N) is 1. The molecule has 0 bridgehead atoms. The predicted octanol–water partition coefficient (Wildman–Crippen LogP) is 4.09. The first-order valence-corrected chi connectivity index (χ1v) is 12.6. The molecule has 2 atom stereocenters. The van der Waals surface area contributed by atoms with Gasteiger partial charge in [0.25, 0.3) is 0 Å². The van der Waals surface area contributed by atoms with Crippen molar-refractivity contribution < 1.29 is 36.2 Å². The molecule has 184 valence electrons. The van der Waals surface area contributed by atoms with Gasteiger partial charge < -0.3 is 9.84 Å². The van der Waals surface area contributed by atoms with Crippen molar-refractivity contribution in [1.82, 2.24) is 4.31 Å². The zero-order valence-electron chi connectivity index (χ0n) is 18.4. The van der Waals surface area contributed by atoms with Gasteiger partial charge in [0.15, 0.2) is 5.60 Å². The van der Waals surface area contributed by atoms with Gasteiger partial charge in [-0.05, 0) is 49.1 Å². The summed E-state index contributed by atoms with van der Waals surface area (Å²) in [6, 6.07) is 11.9. The molecule has 0 aromatic heterocycles. The molecular weight excluding hydrogens is 471 g/mol. The summed E-state index contributed by atoms with van der Waals surface area (Å²) in [4.78, 5) is 13.0. The van der Waals surface area contributed by atoms with E-state index in [1.54, 1.807) is 30.3 Å². The normalized spacial score (nSPS) is 21.9. The largest absolute Gasteiger partial charge is 0.459 e. The fraction of sp³-hybridized carbons (Fsp3) is 0.458. The second-order valence-corrected chi connectivity index (χ2v) is 10.8. The standard InChI is InChI=1S/C24H26F3NO5S/c25-24(26,27)19-10-12-21(13-11-19)34(31,32)28-15-14-20(16-28)33-22(29)23(30,18-8-4-5-9-18)17-6-2-1-3-7-17/h1-3,6-7,10-13,18,20,30H,4-5,8-9,14-16H2/t20-,23?/m0/s1. The van der Waals surface area contributed by atoms with Crippen molar-refractivity contribution in [2.24, 2.45) is 5.92 Å². The van der Waals surface area contributed by atoms with Gasteiger partial charge in [0.1, 0.15) is 6.10 Å². The molecule has 2 aromatic carbocycles. The van der Waals surface area contributed by atoms with E-state index in [9.17, 15) is 31.5 Å². The van der Waals surface area contributed by atoms with Crippen LogP contribution in [0, 0.1) is 5.92 Å². The number of halogens is 3. The molecular formula is C24H26F3NO5S. The number of rotatable bonds is 6. The maximum Gasteiger partial charge on any atom is 0.416 e. The Hall–Kier alpha value is -2.43. The van der Waals surface area contributed by atoms with Gasteiger partial charge in [0.2, 0.25) is 10.0 Å². The summed E-state index contributed by atoms with van der Waals surface area (Å²) in [7, 11) is -4.06. The van der Waals surface area contributed by atoms with Crippen molar-refractivity contribution in [2.45, 2.75) is 54.9 Å². The molecule has 2 aliphatic rings. The van der Waals surface area contributed by atoms with E-state index in [4.69, 9.17) is 4.74 Å². The van der Waals surface area contributed by atoms with Gasteiger partial charge >= 0.3 is 12.1 Å². The minimum Gasteiger partial charge on any atom is -0.459 e. The fourth-order valence-electron chi connectivity index (χ4n) is 4.77. The summed E-state index contributed by atoms with van der Waals surface area (Å²) >= 11 is 0. The summed E-state index contributed by atoms with van der Waals surface area (Å²) < 4.78 is 70.9. The third-order valence-corrected chi connectivity index (χ3v) is 8.55. The molecule has 1 unspecified atom stereocenters. The maximum absolute atomic E-state index is 13.2. The van der Waals surface area contributed by atoms with E-state index in [1.807, 2.05) is 0 Å². The van der Waals surface area contributed by atoms with Crippen LogP contribution in [0.25, 0.3) is 0 Å². The molecule has 10 heteroatoms. The lowest BCUT2D eigenvalue weighted by Crippen LogP contribution is -2.45. The molecule has 34 heavy (non-hydrogen) atoms. The van der Waals surface area contributed by atoms with Crippen LogP contribution in [0.2, 0.25) is 0 Å². The first-order chi connectivity index (χ1) is 16.0. The van der Waals surface area contributed by atoms with Crippen LogP contribution in [-0.2, 0) is 31.3 Å². The Bertz CT molecular complexity index is 1120. The van der Waals surface area contributed by atoms with Gasteiger partial charge in [-0.1, -0.05) is 43.2 Å². The van der Waals surface area contributed by atoms with E-state index in [2.05, 4.69) is 0 Å². The molecule has 1 saturated heterocycles. The summed E-state index contributed by atoms with van der Waals surface area (Å²) in [5.74, 6) is -1.10. The van der Waals surface area contributed by atoms with Crippen LogP contribution >= 0.6 is 0 Å². The summed E-state index contributed by atoms with van der Waals surface area (Å²) in [5, 5.41) is 11.5. The quantitative estimate of drug-likeness (QED) is 0.608. The fourth-order valence-corrected chi connectivity index (χ4v) is 6.26. The molecule has 1 saturated carbocycles. The Morgan fingerprint density at radius 1 is 0.941 bits per heavy atom.